The van der Waals surface area contributed by atoms with Crippen LogP contribution < -0.4 is 10.6 Å². The van der Waals surface area contributed by atoms with Gasteiger partial charge in [0.05, 0.1) is 11.6 Å². The van der Waals surface area contributed by atoms with Crippen LogP contribution in [0.15, 0.2) is 24.3 Å². The molecular formula is C13H15N3OS. The van der Waals surface area contributed by atoms with E-state index < -0.39 is 0 Å². The predicted octanol–water partition coefficient (Wildman–Crippen LogP) is 1.59. The molecule has 1 saturated heterocycles. The van der Waals surface area contributed by atoms with Crippen LogP contribution in [0.1, 0.15) is 12.0 Å². The van der Waals surface area contributed by atoms with Crippen LogP contribution >= 0.6 is 11.8 Å². The molecule has 0 radical (unpaired) electrons. The Bertz CT molecular complexity index is 446. The van der Waals surface area contributed by atoms with Gasteiger partial charge < -0.3 is 10.6 Å². The van der Waals surface area contributed by atoms with Gasteiger partial charge in [-0.2, -0.15) is 17.0 Å². The van der Waals surface area contributed by atoms with Crippen molar-refractivity contribution in [2.75, 3.05) is 23.4 Å². The number of nitriles is 1. The maximum absolute atomic E-state index is 11.8. The molecule has 1 aromatic carbocycles. The minimum Gasteiger partial charge on any atom is -0.326 e. The van der Waals surface area contributed by atoms with E-state index in [1.807, 2.05) is 17.8 Å². The topological polar surface area (TPSA) is 64.9 Å². The van der Waals surface area contributed by atoms with Gasteiger partial charge in [-0.15, -0.1) is 0 Å². The zero-order chi connectivity index (χ0) is 12.8. The number of carbonyl (C=O) groups excluding carboxylic acids is 1. The molecule has 0 saturated carbocycles. The number of nitrogens with one attached hydrogen (secondary N) is 2. The second kappa shape index (κ2) is 6.43. The van der Waals surface area contributed by atoms with Crippen LogP contribution in [0.3, 0.4) is 0 Å². The summed E-state index contributed by atoms with van der Waals surface area (Å²) in [5.74, 6) is 2.12. The first-order valence-corrected chi connectivity index (χ1v) is 7.04. The molecule has 1 fully saturated rings. The molecule has 1 aliphatic heterocycles. The van der Waals surface area contributed by atoms with E-state index >= 15 is 0 Å². The van der Waals surface area contributed by atoms with Crippen LogP contribution in [0.4, 0.5) is 5.69 Å². The van der Waals surface area contributed by atoms with Crippen LogP contribution in [0.25, 0.3) is 0 Å². The molecule has 1 atom stereocenters. The number of hydrogen-bond donors (Lipinski definition) is 2. The SMILES string of the molecule is N#Cc1ccc(NC(=O)CC2CSCCN2)cc1. The van der Waals surface area contributed by atoms with Crippen molar-refractivity contribution in [3.8, 4) is 6.07 Å². The van der Waals surface area contributed by atoms with Gasteiger partial charge in [0.2, 0.25) is 5.91 Å². The second-order valence-electron chi connectivity index (χ2n) is 4.17. The van der Waals surface area contributed by atoms with Crippen molar-refractivity contribution >= 4 is 23.4 Å². The van der Waals surface area contributed by atoms with Crippen LogP contribution in [-0.4, -0.2) is 30.0 Å². The predicted molar refractivity (Wildman–Crippen MR) is 73.5 cm³/mol. The van der Waals surface area contributed by atoms with Gasteiger partial charge in [0.25, 0.3) is 0 Å². The fourth-order valence-electron chi connectivity index (χ4n) is 1.81. The van der Waals surface area contributed by atoms with Crippen molar-refractivity contribution in [2.24, 2.45) is 0 Å². The molecule has 0 aliphatic carbocycles. The summed E-state index contributed by atoms with van der Waals surface area (Å²) < 4.78 is 0. The summed E-state index contributed by atoms with van der Waals surface area (Å²) in [5.41, 5.74) is 1.33. The van der Waals surface area contributed by atoms with Crippen LogP contribution in [0, 0.1) is 11.3 Å². The zero-order valence-corrected chi connectivity index (χ0v) is 10.8. The van der Waals surface area contributed by atoms with E-state index in [9.17, 15) is 4.79 Å². The van der Waals surface area contributed by atoms with Gasteiger partial charge in [-0.3, -0.25) is 4.79 Å². The molecule has 2 rings (SSSR count). The Morgan fingerprint density at radius 2 is 2.28 bits per heavy atom. The molecule has 1 amide bonds. The van der Waals surface area contributed by atoms with E-state index in [0.717, 1.165) is 23.7 Å². The lowest BCUT2D eigenvalue weighted by Crippen LogP contribution is -2.39. The molecule has 4 nitrogen and oxygen atoms in total. The third-order valence-electron chi connectivity index (χ3n) is 2.73. The van der Waals surface area contributed by atoms with E-state index in [2.05, 4.69) is 10.6 Å². The Hall–Kier alpha value is -1.51. The summed E-state index contributed by atoms with van der Waals surface area (Å²) in [6, 6.07) is 9.21. The Morgan fingerprint density at radius 1 is 1.50 bits per heavy atom. The number of hydrogen-bond acceptors (Lipinski definition) is 4. The molecule has 1 aromatic rings. The maximum atomic E-state index is 11.8. The standard InChI is InChI=1S/C13H15N3OS/c14-8-10-1-3-11(4-2-10)16-13(17)7-12-9-18-6-5-15-12/h1-4,12,15H,5-7,9H2,(H,16,17). The van der Waals surface area contributed by atoms with Crippen LogP contribution in [0.5, 0.6) is 0 Å². The van der Waals surface area contributed by atoms with Crippen molar-refractivity contribution in [1.82, 2.24) is 5.32 Å². The van der Waals surface area contributed by atoms with Crippen molar-refractivity contribution in [1.29, 1.82) is 5.26 Å². The van der Waals surface area contributed by atoms with E-state index in [1.165, 1.54) is 0 Å². The van der Waals surface area contributed by atoms with Gasteiger partial charge in [0.1, 0.15) is 0 Å². The van der Waals surface area contributed by atoms with Crippen molar-refractivity contribution in [2.45, 2.75) is 12.5 Å². The van der Waals surface area contributed by atoms with Gasteiger partial charge in [0, 0.05) is 36.2 Å². The summed E-state index contributed by atoms with van der Waals surface area (Å²) in [6.07, 6.45) is 0.493. The number of carbonyl (C=O) groups is 1. The number of rotatable bonds is 3. The quantitative estimate of drug-likeness (QED) is 0.867. The van der Waals surface area contributed by atoms with Crippen LogP contribution in [-0.2, 0) is 4.79 Å². The minimum absolute atomic E-state index is 0.0136. The Kier molecular flexibility index (Phi) is 4.62. The first-order valence-electron chi connectivity index (χ1n) is 5.89. The first-order chi connectivity index (χ1) is 8.78. The zero-order valence-electron chi connectivity index (χ0n) is 9.98. The number of nitrogens with zero attached hydrogens (tertiary/aromatic N) is 1. The van der Waals surface area contributed by atoms with E-state index in [0.29, 0.717) is 12.0 Å². The largest absolute Gasteiger partial charge is 0.326 e. The van der Waals surface area contributed by atoms with E-state index in [-0.39, 0.29) is 11.9 Å². The average Bonchev–Trinajstić information content (AvgIpc) is 2.40. The molecule has 1 heterocycles. The van der Waals surface area contributed by atoms with Gasteiger partial charge in [-0.05, 0) is 24.3 Å². The maximum Gasteiger partial charge on any atom is 0.225 e. The smallest absolute Gasteiger partial charge is 0.225 e. The fourth-order valence-corrected chi connectivity index (χ4v) is 2.76. The molecular weight excluding hydrogens is 246 g/mol. The lowest BCUT2D eigenvalue weighted by molar-refractivity contribution is -0.116. The van der Waals surface area contributed by atoms with E-state index in [4.69, 9.17) is 5.26 Å². The van der Waals surface area contributed by atoms with Crippen molar-refractivity contribution in [3.63, 3.8) is 0 Å². The number of benzene rings is 1. The third kappa shape index (κ3) is 3.76. The van der Waals surface area contributed by atoms with Crippen molar-refractivity contribution < 1.29 is 4.79 Å². The third-order valence-corrected chi connectivity index (χ3v) is 3.86. The van der Waals surface area contributed by atoms with Gasteiger partial charge >= 0.3 is 0 Å². The molecule has 18 heavy (non-hydrogen) atoms. The molecule has 5 heteroatoms. The monoisotopic (exact) mass is 261 g/mol. The van der Waals surface area contributed by atoms with Crippen LogP contribution in [0.2, 0.25) is 0 Å². The first kappa shape index (κ1) is 12.9. The lowest BCUT2D eigenvalue weighted by Gasteiger charge is -2.22. The highest BCUT2D eigenvalue weighted by Crippen LogP contribution is 2.13. The molecule has 2 N–H and O–H groups in total. The average molecular weight is 261 g/mol. The molecule has 94 valence electrons. The van der Waals surface area contributed by atoms with Gasteiger partial charge in [-0.1, -0.05) is 0 Å². The van der Waals surface area contributed by atoms with Gasteiger partial charge in [-0.25, -0.2) is 0 Å². The molecule has 0 spiro atoms. The minimum atomic E-state index is 0.0136. The number of anilines is 1. The molecule has 0 aromatic heterocycles. The fraction of sp³-hybridized carbons (Fsp3) is 0.385. The lowest BCUT2D eigenvalue weighted by atomic mass is 10.2. The highest BCUT2D eigenvalue weighted by atomic mass is 32.2. The second-order valence-corrected chi connectivity index (χ2v) is 5.32. The normalized spacial score (nSPS) is 18.9. The molecule has 0 bridgehead atoms. The Balaban J connectivity index is 1.84. The summed E-state index contributed by atoms with van der Waals surface area (Å²) in [4.78, 5) is 11.8. The summed E-state index contributed by atoms with van der Waals surface area (Å²) >= 11 is 1.88. The molecule has 1 unspecified atom stereocenters. The number of thioether (sulfide) groups is 1. The Morgan fingerprint density at radius 3 is 2.89 bits per heavy atom. The highest BCUT2D eigenvalue weighted by Gasteiger charge is 2.16. The van der Waals surface area contributed by atoms with E-state index in [1.54, 1.807) is 24.3 Å². The molecule has 1 aliphatic rings. The van der Waals surface area contributed by atoms with Crippen molar-refractivity contribution in [3.05, 3.63) is 29.8 Å². The van der Waals surface area contributed by atoms with Gasteiger partial charge in [0.15, 0.2) is 0 Å². The summed E-state index contributed by atoms with van der Waals surface area (Å²) in [6.45, 7) is 0.972. The Labute approximate surface area is 111 Å². The highest BCUT2D eigenvalue weighted by molar-refractivity contribution is 7.99. The number of amides is 1. The summed E-state index contributed by atoms with van der Waals surface area (Å²) in [7, 11) is 0. The summed E-state index contributed by atoms with van der Waals surface area (Å²) in [5, 5.41) is 14.9.